The number of nitrogens with one attached hydrogen (secondary N) is 2. The Morgan fingerprint density at radius 1 is 1.07 bits per heavy atom. The summed E-state index contributed by atoms with van der Waals surface area (Å²) in [6.45, 7) is 3.75. The lowest BCUT2D eigenvalue weighted by Gasteiger charge is -2.09. The maximum atomic E-state index is 12.6. The molecule has 0 aliphatic rings. The summed E-state index contributed by atoms with van der Waals surface area (Å²) in [5.74, 6) is 0.235. The first-order valence-electron chi connectivity index (χ1n) is 8.92. The molecule has 144 valence electrons. The maximum absolute atomic E-state index is 12.6. The molecule has 1 aromatic heterocycles. The van der Waals surface area contributed by atoms with Crippen LogP contribution in [0, 0.1) is 6.92 Å². The molecule has 7 heteroatoms. The molecule has 0 aliphatic heterocycles. The Hall–Kier alpha value is -3.61. The maximum Gasteiger partial charge on any atom is 0.276 e. The molecule has 2 amide bonds. The third-order valence-electron chi connectivity index (χ3n) is 4.13. The van der Waals surface area contributed by atoms with Gasteiger partial charge in [0.25, 0.3) is 5.91 Å². The molecule has 0 atom stereocenters. The summed E-state index contributed by atoms with van der Waals surface area (Å²) in [5, 5.41) is 9.93. The lowest BCUT2D eigenvalue weighted by atomic mass is 10.2. The molecule has 2 aromatic carbocycles. The smallest absolute Gasteiger partial charge is 0.276 e. The second kappa shape index (κ2) is 8.39. The van der Waals surface area contributed by atoms with Crippen molar-refractivity contribution < 1.29 is 14.3 Å². The van der Waals surface area contributed by atoms with Gasteiger partial charge in [-0.25, -0.2) is 4.68 Å². The highest BCUT2D eigenvalue weighted by Crippen LogP contribution is 2.23. The van der Waals surface area contributed by atoms with E-state index in [1.807, 2.05) is 25.1 Å². The monoisotopic (exact) mass is 378 g/mol. The fourth-order valence-electron chi connectivity index (χ4n) is 2.68. The molecular weight excluding hydrogens is 356 g/mol. The Kier molecular flexibility index (Phi) is 5.74. The van der Waals surface area contributed by atoms with Gasteiger partial charge in [-0.3, -0.25) is 9.59 Å². The van der Waals surface area contributed by atoms with Gasteiger partial charge in [0.15, 0.2) is 5.69 Å². The number of nitrogens with zero attached hydrogens (tertiary/aromatic N) is 2. The number of methoxy groups -OCH3 is 1. The van der Waals surface area contributed by atoms with Crippen LogP contribution in [-0.2, 0) is 4.79 Å². The molecule has 0 unspecified atom stereocenters. The first kappa shape index (κ1) is 19.2. The Labute approximate surface area is 163 Å². The number of carbonyl (C=O) groups is 2. The van der Waals surface area contributed by atoms with Crippen LogP contribution in [0.4, 0.5) is 11.4 Å². The van der Waals surface area contributed by atoms with Crippen molar-refractivity contribution in [1.82, 2.24) is 9.78 Å². The lowest BCUT2D eigenvalue weighted by molar-refractivity contribution is -0.115. The Bertz CT molecular complexity index is 1010. The Morgan fingerprint density at radius 3 is 2.54 bits per heavy atom. The number of aromatic nitrogens is 2. The van der Waals surface area contributed by atoms with Crippen LogP contribution in [0.25, 0.3) is 5.69 Å². The molecule has 7 nitrogen and oxygen atoms in total. The molecule has 0 bridgehead atoms. The van der Waals surface area contributed by atoms with Crippen LogP contribution in [0.15, 0.2) is 54.7 Å². The Balaban J connectivity index is 1.77. The van der Waals surface area contributed by atoms with Gasteiger partial charge in [0.2, 0.25) is 5.91 Å². The van der Waals surface area contributed by atoms with E-state index in [0.29, 0.717) is 23.5 Å². The largest absolute Gasteiger partial charge is 0.494 e. The molecule has 0 radical (unpaired) electrons. The molecule has 1 heterocycles. The van der Waals surface area contributed by atoms with E-state index in [0.717, 1.165) is 11.3 Å². The second-order valence-corrected chi connectivity index (χ2v) is 6.26. The lowest BCUT2D eigenvalue weighted by Crippen LogP contribution is -2.14. The fourth-order valence-corrected chi connectivity index (χ4v) is 2.68. The molecule has 3 rings (SSSR count). The van der Waals surface area contributed by atoms with E-state index in [4.69, 9.17) is 4.74 Å². The molecule has 3 aromatic rings. The zero-order valence-corrected chi connectivity index (χ0v) is 16.0. The summed E-state index contributed by atoms with van der Waals surface area (Å²) in [6, 6.07) is 14.4. The molecule has 2 N–H and O–H groups in total. The quantitative estimate of drug-likeness (QED) is 0.683. The van der Waals surface area contributed by atoms with Gasteiger partial charge in [-0.05, 0) is 48.9 Å². The molecule has 28 heavy (non-hydrogen) atoms. The summed E-state index contributed by atoms with van der Waals surface area (Å²) >= 11 is 0. The summed E-state index contributed by atoms with van der Waals surface area (Å²) < 4.78 is 6.99. The van der Waals surface area contributed by atoms with E-state index in [-0.39, 0.29) is 17.5 Å². The summed E-state index contributed by atoms with van der Waals surface area (Å²) in [7, 11) is 1.59. The van der Waals surface area contributed by atoms with Crippen molar-refractivity contribution in [2.75, 3.05) is 17.7 Å². The highest BCUT2D eigenvalue weighted by Gasteiger charge is 2.13. The number of hydrogen-bond donors (Lipinski definition) is 2. The van der Waals surface area contributed by atoms with E-state index in [2.05, 4.69) is 15.7 Å². The normalized spacial score (nSPS) is 10.4. The first-order valence-corrected chi connectivity index (χ1v) is 8.92. The standard InChI is InChI=1S/C21H22N4O3/c1-4-20(26)22-15-6-5-7-16(13-15)23-21(27)17-10-11-25(24-17)18-12-14(2)8-9-19(18)28-3/h5-13H,4H2,1-3H3,(H,22,26)(H,23,27). The molecule has 0 saturated heterocycles. The predicted octanol–water partition coefficient (Wildman–Crippen LogP) is 3.79. The number of carbonyl (C=O) groups excluding carboxylic acids is 2. The van der Waals surface area contributed by atoms with Crippen LogP contribution in [0.3, 0.4) is 0 Å². The SMILES string of the molecule is CCC(=O)Nc1cccc(NC(=O)c2ccn(-c3cc(C)ccc3OC)n2)c1. The number of anilines is 2. The van der Waals surface area contributed by atoms with Crippen LogP contribution in [0.1, 0.15) is 29.4 Å². The predicted molar refractivity (Wildman–Crippen MR) is 108 cm³/mol. The minimum Gasteiger partial charge on any atom is -0.494 e. The zero-order valence-electron chi connectivity index (χ0n) is 16.0. The average Bonchev–Trinajstić information content (AvgIpc) is 3.18. The Morgan fingerprint density at radius 2 is 1.82 bits per heavy atom. The van der Waals surface area contributed by atoms with Crippen LogP contribution >= 0.6 is 0 Å². The third-order valence-corrected chi connectivity index (χ3v) is 4.13. The van der Waals surface area contributed by atoms with Gasteiger partial charge in [0, 0.05) is 24.0 Å². The highest BCUT2D eigenvalue weighted by molar-refractivity contribution is 6.03. The molecule has 0 fully saturated rings. The molecular formula is C21H22N4O3. The van der Waals surface area contributed by atoms with Crippen molar-refractivity contribution >= 4 is 23.2 Å². The zero-order chi connectivity index (χ0) is 20.1. The van der Waals surface area contributed by atoms with Gasteiger partial charge >= 0.3 is 0 Å². The number of benzene rings is 2. The fraction of sp³-hybridized carbons (Fsp3) is 0.190. The van der Waals surface area contributed by atoms with Gasteiger partial charge in [0.05, 0.1) is 7.11 Å². The minimum atomic E-state index is -0.343. The minimum absolute atomic E-state index is 0.0886. The number of ether oxygens (including phenoxy) is 1. The number of amides is 2. The molecule has 0 spiro atoms. The van der Waals surface area contributed by atoms with E-state index in [9.17, 15) is 9.59 Å². The second-order valence-electron chi connectivity index (χ2n) is 6.26. The highest BCUT2D eigenvalue weighted by atomic mass is 16.5. The van der Waals surface area contributed by atoms with Crippen molar-refractivity contribution in [2.24, 2.45) is 0 Å². The number of aryl methyl sites for hydroxylation is 1. The van der Waals surface area contributed by atoms with Crippen molar-refractivity contribution in [1.29, 1.82) is 0 Å². The third kappa shape index (κ3) is 4.37. The van der Waals surface area contributed by atoms with Gasteiger partial charge in [-0.2, -0.15) is 5.10 Å². The van der Waals surface area contributed by atoms with Crippen LogP contribution in [-0.4, -0.2) is 28.7 Å². The molecule has 0 saturated carbocycles. The van der Waals surface area contributed by atoms with Gasteiger partial charge < -0.3 is 15.4 Å². The summed E-state index contributed by atoms with van der Waals surface area (Å²) in [4.78, 5) is 24.1. The average molecular weight is 378 g/mol. The van der Waals surface area contributed by atoms with Crippen LogP contribution in [0.2, 0.25) is 0 Å². The van der Waals surface area contributed by atoms with Gasteiger partial charge in [0.1, 0.15) is 11.4 Å². The van der Waals surface area contributed by atoms with E-state index >= 15 is 0 Å². The first-order chi connectivity index (χ1) is 13.5. The van der Waals surface area contributed by atoms with E-state index in [1.54, 1.807) is 55.2 Å². The molecule has 0 aliphatic carbocycles. The summed E-state index contributed by atoms with van der Waals surface area (Å²) in [6.07, 6.45) is 2.10. The van der Waals surface area contributed by atoms with Crippen LogP contribution < -0.4 is 15.4 Å². The summed E-state index contributed by atoms with van der Waals surface area (Å²) in [5.41, 5.74) is 3.28. The van der Waals surface area contributed by atoms with Crippen molar-refractivity contribution in [3.8, 4) is 11.4 Å². The van der Waals surface area contributed by atoms with Gasteiger partial charge in [-0.1, -0.05) is 19.1 Å². The topological polar surface area (TPSA) is 85.2 Å². The van der Waals surface area contributed by atoms with E-state index in [1.165, 1.54) is 0 Å². The van der Waals surface area contributed by atoms with Crippen LogP contribution in [0.5, 0.6) is 5.75 Å². The van der Waals surface area contributed by atoms with E-state index < -0.39 is 0 Å². The van der Waals surface area contributed by atoms with Crippen molar-refractivity contribution in [2.45, 2.75) is 20.3 Å². The number of hydrogen-bond acceptors (Lipinski definition) is 4. The van der Waals surface area contributed by atoms with Crippen molar-refractivity contribution in [3.05, 3.63) is 66.0 Å². The number of rotatable bonds is 6. The van der Waals surface area contributed by atoms with Crippen molar-refractivity contribution in [3.63, 3.8) is 0 Å². The van der Waals surface area contributed by atoms with Gasteiger partial charge in [-0.15, -0.1) is 0 Å².